The van der Waals surface area contributed by atoms with E-state index in [2.05, 4.69) is 58.6 Å². The van der Waals surface area contributed by atoms with Gasteiger partial charge in [-0.3, -0.25) is 9.69 Å². The van der Waals surface area contributed by atoms with Crippen molar-refractivity contribution >= 4 is 11.9 Å². The lowest BCUT2D eigenvalue weighted by molar-refractivity contribution is -0.127. The maximum Gasteiger partial charge on any atom is 0.243 e. The number of unbranched alkanes of at least 4 members (excludes halogenated alkanes) is 1. The van der Waals surface area contributed by atoms with Crippen LogP contribution < -0.4 is 10.6 Å². The van der Waals surface area contributed by atoms with Crippen molar-refractivity contribution in [1.29, 1.82) is 0 Å². The molecule has 0 radical (unpaired) electrons. The largest absolute Gasteiger partial charge is 0.356 e. The van der Waals surface area contributed by atoms with Crippen LogP contribution in [0.5, 0.6) is 0 Å². The Morgan fingerprint density at radius 1 is 1.25 bits per heavy atom. The molecule has 1 aromatic carbocycles. The summed E-state index contributed by atoms with van der Waals surface area (Å²) in [5, 5.41) is 6.92. The number of benzene rings is 1. The number of piperidine rings is 1. The molecule has 0 aliphatic carbocycles. The Bertz CT molecular complexity index is 636. The number of nitrogens with zero attached hydrogens (tertiary/aromatic N) is 3. The molecule has 0 spiro atoms. The van der Waals surface area contributed by atoms with Crippen LogP contribution in [0.4, 0.5) is 0 Å². The van der Waals surface area contributed by atoms with Gasteiger partial charge in [-0.15, -0.1) is 0 Å². The topological polar surface area (TPSA) is 60.0 Å². The molecule has 28 heavy (non-hydrogen) atoms. The lowest BCUT2D eigenvalue weighted by atomic mass is 10.0. The van der Waals surface area contributed by atoms with Gasteiger partial charge >= 0.3 is 0 Å². The van der Waals surface area contributed by atoms with E-state index >= 15 is 0 Å². The molecule has 0 atom stereocenters. The van der Waals surface area contributed by atoms with Crippen molar-refractivity contribution in [1.82, 2.24) is 20.4 Å². The number of carbonyl (C=O) groups is 1. The minimum absolute atomic E-state index is 0.0182. The second-order valence-electron chi connectivity index (χ2n) is 7.85. The van der Waals surface area contributed by atoms with Gasteiger partial charge in [-0.05, 0) is 37.3 Å². The molecule has 156 valence electrons. The van der Waals surface area contributed by atoms with E-state index in [-0.39, 0.29) is 12.5 Å². The maximum absolute atomic E-state index is 11.9. The fraction of sp³-hybridized carbons (Fsp3) is 0.636. The number of amides is 1. The summed E-state index contributed by atoms with van der Waals surface area (Å²) in [5.74, 6) is 0.783. The van der Waals surface area contributed by atoms with Crippen LogP contribution >= 0.6 is 0 Å². The normalized spacial score (nSPS) is 16.1. The average molecular weight is 388 g/mol. The van der Waals surface area contributed by atoms with Crippen molar-refractivity contribution in [3.05, 3.63) is 35.4 Å². The molecule has 1 heterocycles. The van der Waals surface area contributed by atoms with Crippen LogP contribution in [0.3, 0.4) is 0 Å². The summed E-state index contributed by atoms with van der Waals surface area (Å²) in [6.45, 7) is 8.59. The van der Waals surface area contributed by atoms with Gasteiger partial charge in [0, 0.05) is 46.3 Å². The number of rotatable bonds is 8. The van der Waals surface area contributed by atoms with Gasteiger partial charge in [0.25, 0.3) is 0 Å². The molecule has 0 unspecified atom stereocenters. The highest BCUT2D eigenvalue weighted by Crippen LogP contribution is 2.16. The SMILES string of the molecule is CCCCNC(=NCC(=O)N(C)C)NC1CCN(Cc2ccccc2C)CC1. The second-order valence-corrected chi connectivity index (χ2v) is 7.85. The van der Waals surface area contributed by atoms with E-state index in [0.29, 0.717) is 6.04 Å². The summed E-state index contributed by atoms with van der Waals surface area (Å²) in [6, 6.07) is 9.03. The van der Waals surface area contributed by atoms with Gasteiger partial charge in [0.15, 0.2) is 5.96 Å². The average Bonchev–Trinajstić information content (AvgIpc) is 2.69. The van der Waals surface area contributed by atoms with Gasteiger partial charge in [0.1, 0.15) is 6.54 Å². The lowest BCUT2D eigenvalue weighted by Crippen LogP contribution is -2.49. The fourth-order valence-electron chi connectivity index (χ4n) is 3.28. The Balaban J connectivity index is 1.84. The van der Waals surface area contributed by atoms with Crippen LogP contribution in [-0.4, -0.2) is 68.0 Å². The van der Waals surface area contributed by atoms with Gasteiger partial charge < -0.3 is 15.5 Å². The van der Waals surface area contributed by atoms with Crippen LogP contribution in [0.25, 0.3) is 0 Å². The molecule has 6 heteroatoms. The number of carbonyl (C=O) groups excluding carboxylic acids is 1. The number of hydrogen-bond acceptors (Lipinski definition) is 3. The molecule has 2 rings (SSSR count). The Kier molecular flexibility index (Phi) is 9.28. The Hall–Kier alpha value is -2.08. The smallest absolute Gasteiger partial charge is 0.243 e. The van der Waals surface area contributed by atoms with Gasteiger partial charge in [0.05, 0.1) is 0 Å². The third kappa shape index (κ3) is 7.50. The highest BCUT2D eigenvalue weighted by Gasteiger charge is 2.20. The van der Waals surface area contributed by atoms with Crippen molar-refractivity contribution in [2.45, 2.75) is 52.1 Å². The predicted molar refractivity (Wildman–Crippen MR) is 117 cm³/mol. The molecular formula is C22H37N5O. The fourth-order valence-corrected chi connectivity index (χ4v) is 3.28. The number of aliphatic imine (C=N–C) groups is 1. The zero-order valence-electron chi connectivity index (χ0n) is 18.0. The third-order valence-electron chi connectivity index (χ3n) is 5.28. The first-order valence-corrected chi connectivity index (χ1v) is 10.5. The number of likely N-dealkylation sites (tertiary alicyclic amines) is 1. The lowest BCUT2D eigenvalue weighted by Gasteiger charge is -2.33. The monoisotopic (exact) mass is 387 g/mol. The Morgan fingerprint density at radius 3 is 2.61 bits per heavy atom. The molecule has 1 fully saturated rings. The number of hydrogen-bond donors (Lipinski definition) is 2. The first-order chi connectivity index (χ1) is 13.5. The number of nitrogens with one attached hydrogen (secondary N) is 2. The third-order valence-corrected chi connectivity index (χ3v) is 5.28. The summed E-state index contributed by atoms with van der Waals surface area (Å²) in [4.78, 5) is 20.5. The van der Waals surface area contributed by atoms with E-state index < -0.39 is 0 Å². The van der Waals surface area contributed by atoms with E-state index in [4.69, 9.17) is 0 Å². The van der Waals surface area contributed by atoms with Crippen LogP contribution in [-0.2, 0) is 11.3 Å². The van der Waals surface area contributed by atoms with E-state index in [1.165, 1.54) is 11.1 Å². The standard InChI is InChI=1S/C22H37N5O/c1-5-6-13-23-22(24-16-21(28)26(3)4)25-20-11-14-27(15-12-20)17-19-10-8-7-9-18(19)2/h7-10,20H,5-6,11-17H2,1-4H3,(H2,23,24,25). The molecule has 1 saturated heterocycles. The minimum atomic E-state index is 0.0182. The Labute approximate surface area is 170 Å². The minimum Gasteiger partial charge on any atom is -0.356 e. The van der Waals surface area contributed by atoms with Crippen LogP contribution in [0.1, 0.15) is 43.7 Å². The van der Waals surface area contributed by atoms with Gasteiger partial charge in [-0.25, -0.2) is 4.99 Å². The first kappa shape index (κ1) is 22.2. The number of guanidine groups is 1. The number of aryl methyl sites for hydroxylation is 1. The molecule has 2 N–H and O–H groups in total. The van der Waals surface area contributed by atoms with Gasteiger partial charge in [0.2, 0.25) is 5.91 Å². The molecular weight excluding hydrogens is 350 g/mol. The quantitative estimate of drug-likeness (QED) is 0.408. The van der Waals surface area contributed by atoms with Crippen molar-refractivity contribution in [2.75, 3.05) is 40.3 Å². The van der Waals surface area contributed by atoms with E-state index in [0.717, 1.165) is 57.8 Å². The molecule has 6 nitrogen and oxygen atoms in total. The van der Waals surface area contributed by atoms with E-state index in [1.807, 2.05) is 0 Å². The summed E-state index contributed by atoms with van der Waals surface area (Å²) in [6.07, 6.45) is 4.40. The summed E-state index contributed by atoms with van der Waals surface area (Å²) >= 11 is 0. The zero-order chi connectivity index (χ0) is 20.4. The van der Waals surface area contributed by atoms with Crippen molar-refractivity contribution in [2.24, 2.45) is 4.99 Å². The maximum atomic E-state index is 11.9. The number of likely N-dealkylation sites (N-methyl/N-ethyl adjacent to an activating group) is 1. The van der Waals surface area contributed by atoms with E-state index in [1.54, 1.807) is 19.0 Å². The van der Waals surface area contributed by atoms with Crippen molar-refractivity contribution in [3.63, 3.8) is 0 Å². The first-order valence-electron chi connectivity index (χ1n) is 10.5. The molecule has 0 bridgehead atoms. The van der Waals surface area contributed by atoms with Crippen LogP contribution in [0.2, 0.25) is 0 Å². The summed E-state index contributed by atoms with van der Waals surface area (Å²) in [7, 11) is 3.53. The van der Waals surface area contributed by atoms with Crippen molar-refractivity contribution in [3.8, 4) is 0 Å². The van der Waals surface area contributed by atoms with Gasteiger partial charge in [-0.2, -0.15) is 0 Å². The highest BCUT2D eigenvalue weighted by molar-refractivity contribution is 5.84. The second kappa shape index (κ2) is 11.7. The van der Waals surface area contributed by atoms with Crippen LogP contribution in [0.15, 0.2) is 29.3 Å². The molecule has 1 aliphatic rings. The molecule has 0 aromatic heterocycles. The van der Waals surface area contributed by atoms with Crippen molar-refractivity contribution < 1.29 is 4.79 Å². The summed E-state index contributed by atoms with van der Waals surface area (Å²) in [5.41, 5.74) is 2.78. The van der Waals surface area contributed by atoms with Gasteiger partial charge in [-0.1, -0.05) is 37.6 Å². The Morgan fingerprint density at radius 2 is 1.96 bits per heavy atom. The van der Waals surface area contributed by atoms with E-state index in [9.17, 15) is 4.79 Å². The molecule has 1 amide bonds. The molecule has 1 aliphatic heterocycles. The summed E-state index contributed by atoms with van der Waals surface area (Å²) < 4.78 is 0. The van der Waals surface area contributed by atoms with Crippen LogP contribution in [0, 0.1) is 6.92 Å². The molecule has 1 aromatic rings. The highest BCUT2D eigenvalue weighted by atomic mass is 16.2. The zero-order valence-corrected chi connectivity index (χ0v) is 18.0. The predicted octanol–water partition coefficient (Wildman–Crippen LogP) is 2.38. The molecule has 0 saturated carbocycles.